The average Bonchev–Trinajstić information content (AvgIpc) is 3.10. The second-order valence-electron chi connectivity index (χ2n) is 6.07. The van der Waals surface area contributed by atoms with Crippen molar-refractivity contribution in [1.82, 2.24) is 19.5 Å². The smallest absolute Gasteiger partial charge is 0.226 e. The van der Waals surface area contributed by atoms with Gasteiger partial charge >= 0.3 is 0 Å². The number of hydrogen-bond acceptors (Lipinski definition) is 5. The lowest BCUT2D eigenvalue weighted by Gasteiger charge is -2.08. The number of benzene rings is 2. The normalized spacial score (nSPS) is 10.9. The summed E-state index contributed by atoms with van der Waals surface area (Å²) < 4.78 is 7.15. The molecule has 0 aliphatic rings. The van der Waals surface area contributed by atoms with E-state index in [1.54, 1.807) is 13.4 Å². The van der Waals surface area contributed by atoms with Gasteiger partial charge in [-0.25, -0.2) is 4.98 Å². The molecular formula is C20H18ClN5O. The Morgan fingerprint density at radius 1 is 1.00 bits per heavy atom. The summed E-state index contributed by atoms with van der Waals surface area (Å²) in [7, 11) is 1.65. The van der Waals surface area contributed by atoms with E-state index in [1.807, 2.05) is 47.0 Å². The molecule has 136 valence electrons. The number of nitrogens with zero attached hydrogens (tertiary/aromatic N) is 4. The SMILES string of the molecule is COc1ccc(CNc2nc(Cl)nc3c2ncn3Cc2ccccc2)cc1. The minimum Gasteiger partial charge on any atom is -0.497 e. The number of hydrogen-bond donors (Lipinski definition) is 1. The number of nitrogens with one attached hydrogen (secondary N) is 1. The van der Waals surface area contributed by atoms with Gasteiger partial charge in [-0.3, -0.25) is 0 Å². The Balaban J connectivity index is 1.59. The van der Waals surface area contributed by atoms with E-state index in [4.69, 9.17) is 16.3 Å². The topological polar surface area (TPSA) is 64.9 Å². The van der Waals surface area contributed by atoms with Gasteiger partial charge < -0.3 is 14.6 Å². The van der Waals surface area contributed by atoms with E-state index < -0.39 is 0 Å². The number of ether oxygens (including phenoxy) is 1. The zero-order valence-electron chi connectivity index (χ0n) is 14.8. The molecule has 0 aliphatic carbocycles. The van der Waals surface area contributed by atoms with Crippen LogP contribution in [0.1, 0.15) is 11.1 Å². The summed E-state index contributed by atoms with van der Waals surface area (Å²) in [6.45, 7) is 1.26. The van der Waals surface area contributed by atoms with Gasteiger partial charge in [-0.05, 0) is 34.9 Å². The van der Waals surface area contributed by atoms with Gasteiger partial charge in [0.15, 0.2) is 17.0 Å². The molecule has 2 aromatic carbocycles. The van der Waals surface area contributed by atoms with Gasteiger partial charge in [0, 0.05) is 6.54 Å². The second kappa shape index (κ2) is 7.63. The van der Waals surface area contributed by atoms with Crippen LogP contribution in [0.3, 0.4) is 0 Å². The molecule has 2 heterocycles. The lowest BCUT2D eigenvalue weighted by molar-refractivity contribution is 0.414. The first-order valence-electron chi connectivity index (χ1n) is 8.52. The number of halogens is 1. The summed E-state index contributed by atoms with van der Waals surface area (Å²) in [5.74, 6) is 1.44. The molecule has 7 heteroatoms. The van der Waals surface area contributed by atoms with Crippen LogP contribution in [0.4, 0.5) is 5.82 Å². The van der Waals surface area contributed by atoms with E-state index >= 15 is 0 Å². The Hall–Kier alpha value is -3.12. The fourth-order valence-electron chi connectivity index (χ4n) is 2.87. The lowest BCUT2D eigenvalue weighted by Crippen LogP contribution is -2.05. The van der Waals surface area contributed by atoms with Crippen LogP contribution in [0.25, 0.3) is 11.2 Å². The first-order chi connectivity index (χ1) is 13.2. The highest BCUT2D eigenvalue weighted by atomic mass is 35.5. The molecule has 0 bridgehead atoms. The van der Waals surface area contributed by atoms with Gasteiger partial charge in [0.2, 0.25) is 5.28 Å². The van der Waals surface area contributed by atoms with Crippen molar-refractivity contribution in [2.75, 3.05) is 12.4 Å². The van der Waals surface area contributed by atoms with E-state index in [0.29, 0.717) is 30.1 Å². The Kier molecular flexibility index (Phi) is 4.89. The predicted molar refractivity (Wildman–Crippen MR) is 106 cm³/mol. The molecular weight excluding hydrogens is 362 g/mol. The summed E-state index contributed by atoms with van der Waals surface area (Å²) >= 11 is 6.16. The average molecular weight is 380 g/mol. The third-order valence-corrected chi connectivity index (χ3v) is 4.42. The Morgan fingerprint density at radius 3 is 2.52 bits per heavy atom. The van der Waals surface area contributed by atoms with Crippen LogP contribution in [-0.2, 0) is 13.1 Å². The molecule has 4 aromatic rings. The van der Waals surface area contributed by atoms with Crippen LogP contribution in [0, 0.1) is 0 Å². The molecule has 0 atom stereocenters. The van der Waals surface area contributed by atoms with E-state index in [9.17, 15) is 0 Å². The van der Waals surface area contributed by atoms with Crippen LogP contribution in [0.2, 0.25) is 5.28 Å². The van der Waals surface area contributed by atoms with Crippen molar-refractivity contribution < 1.29 is 4.74 Å². The zero-order chi connectivity index (χ0) is 18.6. The second-order valence-corrected chi connectivity index (χ2v) is 6.41. The predicted octanol–water partition coefficient (Wildman–Crippen LogP) is 4.15. The molecule has 0 radical (unpaired) electrons. The van der Waals surface area contributed by atoms with Crippen LogP contribution < -0.4 is 10.1 Å². The number of fused-ring (bicyclic) bond motifs is 1. The van der Waals surface area contributed by atoms with E-state index in [2.05, 4.69) is 32.4 Å². The fraction of sp³-hybridized carbons (Fsp3) is 0.150. The van der Waals surface area contributed by atoms with Gasteiger partial charge in [-0.2, -0.15) is 9.97 Å². The van der Waals surface area contributed by atoms with Crippen molar-refractivity contribution in [3.8, 4) is 5.75 Å². The van der Waals surface area contributed by atoms with Gasteiger partial charge in [0.25, 0.3) is 0 Å². The van der Waals surface area contributed by atoms with Gasteiger partial charge in [-0.15, -0.1) is 0 Å². The van der Waals surface area contributed by atoms with Gasteiger partial charge in [-0.1, -0.05) is 42.5 Å². The highest BCUT2D eigenvalue weighted by molar-refractivity contribution is 6.28. The summed E-state index contributed by atoms with van der Waals surface area (Å²) in [4.78, 5) is 13.2. The van der Waals surface area contributed by atoms with Crippen LogP contribution in [0.15, 0.2) is 60.9 Å². The van der Waals surface area contributed by atoms with E-state index in [-0.39, 0.29) is 5.28 Å². The monoisotopic (exact) mass is 379 g/mol. The molecule has 2 aromatic heterocycles. The minimum atomic E-state index is 0.189. The van der Waals surface area contributed by atoms with Crippen LogP contribution in [0.5, 0.6) is 5.75 Å². The van der Waals surface area contributed by atoms with E-state index in [1.165, 1.54) is 5.56 Å². The van der Waals surface area contributed by atoms with Crippen molar-refractivity contribution in [2.24, 2.45) is 0 Å². The summed E-state index contributed by atoms with van der Waals surface area (Å²) in [6.07, 6.45) is 1.77. The minimum absolute atomic E-state index is 0.189. The van der Waals surface area contributed by atoms with Crippen molar-refractivity contribution in [3.05, 3.63) is 77.3 Å². The molecule has 0 spiro atoms. The molecule has 4 rings (SSSR count). The lowest BCUT2D eigenvalue weighted by atomic mass is 10.2. The highest BCUT2D eigenvalue weighted by Gasteiger charge is 2.13. The molecule has 0 aliphatic heterocycles. The van der Waals surface area contributed by atoms with Crippen molar-refractivity contribution in [3.63, 3.8) is 0 Å². The molecule has 0 amide bonds. The third kappa shape index (κ3) is 3.85. The highest BCUT2D eigenvalue weighted by Crippen LogP contribution is 2.22. The number of imidazole rings is 1. The fourth-order valence-corrected chi connectivity index (χ4v) is 3.03. The first kappa shape index (κ1) is 17.3. The molecule has 27 heavy (non-hydrogen) atoms. The number of rotatable bonds is 6. The Bertz CT molecular complexity index is 1050. The summed E-state index contributed by atoms with van der Waals surface area (Å²) in [5, 5.41) is 3.50. The maximum absolute atomic E-state index is 6.16. The standard InChI is InChI=1S/C20H18ClN5O/c1-27-16-9-7-14(8-10-16)11-22-18-17-19(25-20(21)24-18)26(13-23-17)12-15-5-3-2-4-6-15/h2-10,13H,11-12H2,1H3,(H,22,24,25). The Labute approximate surface area is 161 Å². The third-order valence-electron chi connectivity index (χ3n) is 4.25. The molecule has 0 saturated heterocycles. The summed E-state index contributed by atoms with van der Waals surface area (Å²) in [5.41, 5.74) is 3.67. The van der Waals surface area contributed by atoms with E-state index in [0.717, 1.165) is 11.3 Å². The molecule has 0 saturated carbocycles. The Morgan fingerprint density at radius 2 is 1.78 bits per heavy atom. The van der Waals surface area contributed by atoms with Gasteiger partial charge in [0.1, 0.15) is 5.75 Å². The molecule has 6 nitrogen and oxygen atoms in total. The van der Waals surface area contributed by atoms with Gasteiger partial charge in [0.05, 0.1) is 20.0 Å². The van der Waals surface area contributed by atoms with Crippen molar-refractivity contribution in [2.45, 2.75) is 13.1 Å². The quantitative estimate of drug-likeness (QED) is 0.510. The zero-order valence-corrected chi connectivity index (χ0v) is 15.5. The summed E-state index contributed by atoms with van der Waals surface area (Å²) in [6, 6.07) is 18.0. The molecule has 1 N–H and O–H groups in total. The maximum atomic E-state index is 6.16. The maximum Gasteiger partial charge on any atom is 0.226 e. The first-order valence-corrected chi connectivity index (χ1v) is 8.90. The number of methoxy groups -OCH3 is 1. The van der Waals surface area contributed by atoms with Crippen molar-refractivity contribution in [1.29, 1.82) is 0 Å². The van der Waals surface area contributed by atoms with Crippen molar-refractivity contribution >= 4 is 28.6 Å². The number of aromatic nitrogens is 4. The molecule has 0 fully saturated rings. The number of anilines is 1. The molecule has 0 unspecified atom stereocenters. The van der Waals surface area contributed by atoms with Crippen LogP contribution in [-0.4, -0.2) is 26.6 Å². The van der Waals surface area contributed by atoms with Crippen LogP contribution >= 0.6 is 11.6 Å². The largest absolute Gasteiger partial charge is 0.497 e.